The van der Waals surface area contributed by atoms with Gasteiger partial charge in [0.2, 0.25) is 5.91 Å². The van der Waals surface area contributed by atoms with E-state index in [9.17, 15) is 9.59 Å². The van der Waals surface area contributed by atoms with Gasteiger partial charge in [0.15, 0.2) is 0 Å². The van der Waals surface area contributed by atoms with Crippen molar-refractivity contribution in [2.75, 3.05) is 5.32 Å². The van der Waals surface area contributed by atoms with Crippen molar-refractivity contribution in [2.45, 2.75) is 46.5 Å². The van der Waals surface area contributed by atoms with Gasteiger partial charge in [-0.1, -0.05) is 32.9 Å². The Hall–Kier alpha value is -1.84. The van der Waals surface area contributed by atoms with Gasteiger partial charge >= 0.3 is 5.97 Å². The quantitative estimate of drug-likeness (QED) is 0.836. The molecule has 110 valence electrons. The molecule has 0 aliphatic heterocycles. The van der Waals surface area contributed by atoms with Crippen LogP contribution in [0, 0.1) is 5.41 Å². The minimum Gasteiger partial charge on any atom is -0.481 e. The van der Waals surface area contributed by atoms with Crippen LogP contribution in [0.5, 0.6) is 0 Å². The van der Waals surface area contributed by atoms with Gasteiger partial charge in [-0.3, -0.25) is 9.59 Å². The fourth-order valence-corrected chi connectivity index (χ4v) is 1.72. The monoisotopic (exact) mass is 277 g/mol. The van der Waals surface area contributed by atoms with Crippen LogP contribution in [0.15, 0.2) is 24.3 Å². The molecule has 4 nitrogen and oxygen atoms in total. The predicted molar refractivity (Wildman–Crippen MR) is 79.7 cm³/mol. The molecule has 0 fully saturated rings. The highest BCUT2D eigenvalue weighted by Gasteiger charge is 2.12. The Bertz CT molecular complexity index is 458. The summed E-state index contributed by atoms with van der Waals surface area (Å²) in [6, 6.07) is 7.32. The number of amides is 1. The summed E-state index contributed by atoms with van der Waals surface area (Å²) in [5.41, 5.74) is 1.86. The summed E-state index contributed by atoms with van der Waals surface area (Å²) in [6.45, 7) is 6.33. The molecule has 0 aliphatic rings. The van der Waals surface area contributed by atoms with Gasteiger partial charge in [-0.15, -0.1) is 0 Å². The van der Waals surface area contributed by atoms with Gasteiger partial charge < -0.3 is 10.4 Å². The highest BCUT2D eigenvalue weighted by atomic mass is 16.4. The molecule has 2 N–H and O–H groups in total. The Balaban J connectivity index is 2.44. The topological polar surface area (TPSA) is 66.4 Å². The number of benzene rings is 1. The van der Waals surface area contributed by atoms with Crippen LogP contribution in [-0.2, 0) is 16.0 Å². The van der Waals surface area contributed by atoms with E-state index in [1.54, 1.807) is 0 Å². The second-order valence-corrected chi connectivity index (χ2v) is 6.20. The van der Waals surface area contributed by atoms with E-state index in [-0.39, 0.29) is 17.7 Å². The lowest BCUT2D eigenvalue weighted by molar-refractivity contribution is -0.137. The van der Waals surface area contributed by atoms with Crippen molar-refractivity contribution in [3.05, 3.63) is 29.8 Å². The molecule has 4 heteroatoms. The first kappa shape index (κ1) is 16.2. The van der Waals surface area contributed by atoms with Crippen molar-refractivity contribution >= 4 is 17.6 Å². The van der Waals surface area contributed by atoms with Crippen molar-refractivity contribution in [2.24, 2.45) is 5.41 Å². The van der Waals surface area contributed by atoms with E-state index in [1.165, 1.54) is 0 Å². The molecule has 0 saturated heterocycles. The zero-order valence-corrected chi connectivity index (χ0v) is 12.4. The van der Waals surface area contributed by atoms with Crippen LogP contribution in [0.1, 0.15) is 45.6 Å². The Kier molecular flexibility index (Phi) is 5.74. The lowest BCUT2D eigenvalue weighted by Crippen LogP contribution is -2.15. The number of hydrogen-bond donors (Lipinski definition) is 2. The van der Waals surface area contributed by atoms with Crippen LogP contribution >= 0.6 is 0 Å². The SMILES string of the molecule is CC(C)(C)CCC(=O)Nc1ccc(CCC(=O)O)cc1. The van der Waals surface area contributed by atoms with Gasteiger partial charge in [0.25, 0.3) is 0 Å². The summed E-state index contributed by atoms with van der Waals surface area (Å²) < 4.78 is 0. The minimum absolute atomic E-state index is 0.0122. The molecule has 0 aromatic heterocycles. The molecule has 0 spiro atoms. The van der Waals surface area contributed by atoms with E-state index in [0.29, 0.717) is 12.8 Å². The molecule has 1 rings (SSSR count). The van der Waals surface area contributed by atoms with E-state index >= 15 is 0 Å². The number of carboxylic acids is 1. The normalized spacial score (nSPS) is 11.2. The van der Waals surface area contributed by atoms with Gasteiger partial charge in [-0.05, 0) is 36.0 Å². The zero-order valence-electron chi connectivity index (χ0n) is 12.4. The fraction of sp³-hybridized carbons (Fsp3) is 0.500. The summed E-state index contributed by atoms with van der Waals surface area (Å²) in [7, 11) is 0. The third-order valence-corrected chi connectivity index (χ3v) is 2.97. The van der Waals surface area contributed by atoms with Crippen LogP contribution in [0.25, 0.3) is 0 Å². The van der Waals surface area contributed by atoms with Gasteiger partial charge in [-0.2, -0.15) is 0 Å². The van der Waals surface area contributed by atoms with E-state index in [1.807, 2.05) is 24.3 Å². The van der Waals surface area contributed by atoms with Crippen LogP contribution in [0.4, 0.5) is 5.69 Å². The van der Waals surface area contributed by atoms with Gasteiger partial charge in [0.05, 0.1) is 0 Å². The maximum atomic E-state index is 11.8. The molecule has 0 bridgehead atoms. The van der Waals surface area contributed by atoms with E-state index in [4.69, 9.17) is 5.11 Å². The largest absolute Gasteiger partial charge is 0.481 e. The first-order valence-electron chi connectivity index (χ1n) is 6.87. The van der Waals surface area contributed by atoms with Crippen molar-refractivity contribution in [3.63, 3.8) is 0 Å². The number of carboxylic acid groups (broad SMARTS) is 1. The molecule has 0 aliphatic carbocycles. The standard InChI is InChI=1S/C16H23NO3/c1-16(2,3)11-10-14(18)17-13-7-4-12(5-8-13)6-9-15(19)20/h4-5,7-8H,6,9-11H2,1-3H3,(H,17,18)(H,19,20). The Labute approximate surface area is 120 Å². The second-order valence-electron chi connectivity index (χ2n) is 6.20. The number of anilines is 1. The first-order valence-corrected chi connectivity index (χ1v) is 6.87. The lowest BCUT2D eigenvalue weighted by atomic mass is 9.90. The Morgan fingerprint density at radius 2 is 1.70 bits per heavy atom. The summed E-state index contributed by atoms with van der Waals surface area (Å²) in [5.74, 6) is -0.789. The third-order valence-electron chi connectivity index (χ3n) is 2.97. The smallest absolute Gasteiger partial charge is 0.303 e. The van der Waals surface area contributed by atoms with Crippen LogP contribution < -0.4 is 5.32 Å². The number of carbonyl (C=O) groups is 2. The minimum atomic E-state index is -0.801. The predicted octanol–water partition coefficient (Wildman–Crippen LogP) is 3.47. The molecule has 0 saturated carbocycles. The number of aliphatic carboxylic acids is 1. The van der Waals surface area contributed by atoms with Gasteiger partial charge in [0.1, 0.15) is 0 Å². The molecule has 20 heavy (non-hydrogen) atoms. The summed E-state index contributed by atoms with van der Waals surface area (Å²) in [4.78, 5) is 22.3. The molecule has 1 aromatic carbocycles. The maximum absolute atomic E-state index is 11.8. The first-order chi connectivity index (χ1) is 9.26. The lowest BCUT2D eigenvalue weighted by Gasteiger charge is -2.17. The Morgan fingerprint density at radius 3 is 2.20 bits per heavy atom. The van der Waals surface area contributed by atoms with Crippen LogP contribution in [-0.4, -0.2) is 17.0 Å². The van der Waals surface area contributed by atoms with E-state index in [0.717, 1.165) is 17.7 Å². The van der Waals surface area contributed by atoms with Crippen molar-refractivity contribution in [1.82, 2.24) is 0 Å². The molecular weight excluding hydrogens is 254 g/mol. The average molecular weight is 277 g/mol. The fourth-order valence-electron chi connectivity index (χ4n) is 1.72. The van der Waals surface area contributed by atoms with Gasteiger partial charge in [-0.25, -0.2) is 0 Å². The van der Waals surface area contributed by atoms with Crippen molar-refractivity contribution in [3.8, 4) is 0 Å². The summed E-state index contributed by atoms with van der Waals surface area (Å²) >= 11 is 0. The molecular formula is C16H23NO3. The van der Waals surface area contributed by atoms with E-state index in [2.05, 4.69) is 26.1 Å². The summed E-state index contributed by atoms with van der Waals surface area (Å²) in [6.07, 6.45) is 1.98. The number of aryl methyl sites for hydroxylation is 1. The van der Waals surface area contributed by atoms with E-state index < -0.39 is 5.97 Å². The summed E-state index contributed by atoms with van der Waals surface area (Å²) in [5, 5.41) is 11.5. The number of nitrogens with one attached hydrogen (secondary N) is 1. The molecule has 0 radical (unpaired) electrons. The highest BCUT2D eigenvalue weighted by molar-refractivity contribution is 5.90. The number of rotatable bonds is 6. The number of hydrogen-bond acceptors (Lipinski definition) is 2. The molecule has 0 heterocycles. The molecule has 0 unspecified atom stereocenters. The van der Waals surface area contributed by atoms with Gasteiger partial charge in [0, 0.05) is 18.5 Å². The van der Waals surface area contributed by atoms with Crippen molar-refractivity contribution in [1.29, 1.82) is 0 Å². The Morgan fingerprint density at radius 1 is 1.10 bits per heavy atom. The molecule has 0 atom stereocenters. The second kappa shape index (κ2) is 7.08. The molecule has 1 amide bonds. The van der Waals surface area contributed by atoms with Crippen LogP contribution in [0.3, 0.4) is 0 Å². The zero-order chi connectivity index (χ0) is 15.2. The van der Waals surface area contributed by atoms with Crippen LogP contribution in [0.2, 0.25) is 0 Å². The average Bonchev–Trinajstić information content (AvgIpc) is 2.35. The maximum Gasteiger partial charge on any atom is 0.303 e. The van der Waals surface area contributed by atoms with Crippen molar-refractivity contribution < 1.29 is 14.7 Å². The highest BCUT2D eigenvalue weighted by Crippen LogP contribution is 2.21. The third kappa shape index (κ3) is 6.92. The molecule has 1 aromatic rings. The number of carbonyl (C=O) groups excluding carboxylic acids is 1.